The molecule has 0 spiro atoms. The van der Waals surface area contributed by atoms with Crippen LogP contribution in [0.1, 0.15) is 19.8 Å². The summed E-state index contributed by atoms with van der Waals surface area (Å²) in [5, 5.41) is 2.17. The van der Waals surface area contributed by atoms with Crippen LogP contribution in [0.2, 0.25) is 0 Å². The van der Waals surface area contributed by atoms with Crippen molar-refractivity contribution in [3.05, 3.63) is 9.81 Å². The molecule has 0 saturated heterocycles. The van der Waals surface area contributed by atoms with Gasteiger partial charge in [0.2, 0.25) is 6.54 Å². The van der Waals surface area contributed by atoms with Gasteiger partial charge in [-0.2, -0.15) is 0 Å². The molecule has 0 heterocycles. The van der Waals surface area contributed by atoms with Crippen molar-refractivity contribution in [3.8, 4) is 0 Å². The van der Waals surface area contributed by atoms with Crippen LogP contribution in [-0.4, -0.2) is 23.8 Å². The van der Waals surface area contributed by atoms with Gasteiger partial charge in [-0.3, -0.25) is 4.79 Å². The molecule has 5 nitrogen and oxygen atoms in total. The molecule has 0 aliphatic rings. The van der Waals surface area contributed by atoms with Crippen molar-refractivity contribution in [1.29, 1.82) is 0 Å². The maximum absolute atomic E-state index is 10.7. The highest BCUT2D eigenvalue weighted by atomic mass is 16.3. The lowest BCUT2D eigenvalue weighted by Gasteiger charge is -1.87. The van der Waals surface area contributed by atoms with Crippen LogP contribution in [-0.2, 0) is 4.79 Å². The summed E-state index contributed by atoms with van der Waals surface area (Å²) in [5.41, 5.74) is 0. The minimum Gasteiger partial charge on any atom is -0.269 e. The lowest BCUT2D eigenvalue weighted by molar-refractivity contribution is -0.547. The molecule has 0 fully saturated rings. The van der Waals surface area contributed by atoms with Gasteiger partial charge in [-0.1, -0.05) is 6.92 Å². The average Bonchev–Trinajstić information content (AvgIpc) is 2.01. The van der Waals surface area contributed by atoms with Crippen molar-refractivity contribution in [2.24, 2.45) is 5.18 Å². The minimum atomic E-state index is -0.762. The molecular weight excluding hydrogens is 148 g/mol. The Kier molecular flexibility index (Phi) is 5.06. The molecule has 5 heteroatoms. The van der Waals surface area contributed by atoms with Gasteiger partial charge in [0.05, 0.1) is 6.42 Å². The van der Waals surface area contributed by atoms with Gasteiger partial charge in [0.15, 0.2) is 6.54 Å². The maximum atomic E-state index is 10.7. The van der Waals surface area contributed by atoms with Crippen molar-refractivity contribution in [3.63, 3.8) is 0 Å². The molecule has 0 aromatic carbocycles. The van der Waals surface area contributed by atoms with Crippen LogP contribution in [0.3, 0.4) is 0 Å². The fourth-order valence-corrected chi connectivity index (χ4v) is 0.627. The first-order valence-electron chi connectivity index (χ1n) is 3.49. The molecule has 0 bridgehead atoms. The van der Waals surface area contributed by atoms with E-state index in [-0.39, 0.29) is 13.0 Å². The summed E-state index contributed by atoms with van der Waals surface area (Å²) in [4.78, 5) is 30.5. The third kappa shape index (κ3) is 5.32. The second kappa shape index (κ2) is 5.64. The zero-order valence-electron chi connectivity index (χ0n) is 6.45. The minimum absolute atomic E-state index is 0.0679. The Balaban J connectivity index is 3.45. The number of rotatable bonds is 5. The van der Waals surface area contributed by atoms with Gasteiger partial charge in [0, 0.05) is 16.5 Å². The van der Waals surface area contributed by atoms with Crippen LogP contribution in [0.25, 0.3) is 0 Å². The fraction of sp³-hybridized carbons (Fsp3) is 0.833. The largest absolute Gasteiger partial charge is 0.292 e. The SMILES string of the molecule is CCC[N+](=O)CCC(=O)N=O. The van der Waals surface area contributed by atoms with Crippen LogP contribution in [0.15, 0.2) is 5.18 Å². The second-order valence-electron chi connectivity index (χ2n) is 2.16. The van der Waals surface area contributed by atoms with Gasteiger partial charge in [-0.15, -0.1) is 4.91 Å². The first kappa shape index (κ1) is 9.87. The number of carbonyl (C=O) groups is 1. The standard InChI is InChI=1S/C6H11N2O3/c1-2-4-8(11)5-3-6(9)7-10/h2-5H2,1H3/q+1. The Hall–Kier alpha value is -1.13. The quantitative estimate of drug-likeness (QED) is 0.441. The molecule has 1 amide bonds. The third-order valence-electron chi connectivity index (χ3n) is 1.15. The van der Waals surface area contributed by atoms with E-state index in [1.54, 1.807) is 0 Å². The Labute approximate surface area is 64.3 Å². The Morgan fingerprint density at radius 1 is 1.45 bits per heavy atom. The van der Waals surface area contributed by atoms with Gasteiger partial charge in [0.25, 0.3) is 5.91 Å². The molecule has 0 atom stereocenters. The predicted octanol–water partition coefficient (Wildman–Crippen LogP) is 0.858. The number of nitroso groups, excluding NO2 is 2. The van der Waals surface area contributed by atoms with Crippen LogP contribution >= 0.6 is 0 Å². The van der Waals surface area contributed by atoms with Crippen molar-refractivity contribution in [2.45, 2.75) is 19.8 Å². The van der Waals surface area contributed by atoms with Gasteiger partial charge in [-0.05, 0) is 4.76 Å². The van der Waals surface area contributed by atoms with E-state index in [0.717, 1.165) is 11.2 Å². The lowest BCUT2D eigenvalue weighted by Crippen LogP contribution is -2.13. The molecule has 0 aliphatic carbocycles. The van der Waals surface area contributed by atoms with E-state index < -0.39 is 5.91 Å². The van der Waals surface area contributed by atoms with E-state index in [1.807, 2.05) is 6.92 Å². The molecule has 0 aromatic heterocycles. The summed E-state index contributed by atoms with van der Waals surface area (Å²) < 4.78 is 0.753. The van der Waals surface area contributed by atoms with Crippen molar-refractivity contribution in [2.75, 3.05) is 13.1 Å². The molecule has 0 N–H and O–H groups in total. The van der Waals surface area contributed by atoms with E-state index >= 15 is 0 Å². The van der Waals surface area contributed by atoms with Crippen LogP contribution in [0, 0.1) is 9.81 Å². The zero-order valence-corrected chi connectivity index (χ0v) is 6.45. The van der Waals surface area contributed by atoms with E-state index in [2.05, 4.69) is 5.18 Å². The number of hydrogen-bond donors (Lipinski definition) is 0. The van der Waals surface area contributed by atoms with Crippen LogP contribution in [0.4, 0.5) is 0 Å². The van der Waals surface area contributed by atoms with Gasteiger partial charge < -0.3 is 0 Å². The Morgan fingerprint density at radius 3 is 2.55 bits per heavy atom. The second-order valence-corrected chi connectivity index (χ2v) is 2.16. The third-order valence-corrected chi connectivity index (χ3v) is 1.15. The fourth-order valence-electron chi connectivity index (χ4n) is 0.627. The molecule has 0 saturated carbocycles. The highest BCUT2D eigenvalue weighted by Crippen LogP contribution is 1.87. The summed E-state index contributed by atoms with van der Waals surface area (Å²) in [6.07, 6.45) is 0.666. The summed E-state index contributed by atoms with van der Waals surface area (Å²) in [6, 6.07) is 0. The topological polar surface area (TPSA) is 66.6 Å². The average molecular weight is 159 g/mol. The molecule has 0 rings (SSSR count). The molecule has 0 aliphatic heterocycles. The highest BCUT2D eigenvalue weighted by Gasteiger charge is 2.10. The monoisotopic (exact) mass is 159 g/mol. The van der Waals surface area contributed by atoms with Crippen LogP contribution < -0.4 is 0 Å². The first-order chi connectivity index (χ1) is 5.20. The lowest BCUT2D eigenvalue weighted by atomic mass is 10.4. The van der Waals surface area contributed by atoms with Gasteiger partial charge in [0.1, 0.15) is 0 Å². The molecule has 0 radical (unpaired) electrons. The Bertz CT molecular complexity index is 167. The van der Waals surface area contributed by atoms with E-state index in [9.17, 15) is 14.6 Å². The maximum Gasteiger partial charge on any atom is 0.292 e. The molecule has 62 valence electrons. The Morgan fingerprint density at radius 2 is 2.09 bits per heavy atom. The first-order valence-corrected chi connectivity index (χ1v) is 3.49. The number of amides is 1. The van der Waals surface area contributed by atoms with Gasteiger partial charge in [-0.25, -0.2) is 0 Å². The summed E-state index contributed by atoms with van der Waals surface area (Å²) in [5.74, 6) is -0.762. The van der Waals surface area contributed by atoms with Crippen molar-refractivity contribution >= 4 is 5.91 Å². The number of carbonyl (C=O) groups excluding carboxylic acids is 1. The predicted molar refractivity (Wildman–Crippen MR) is 39.1 cm³/mol. The molecule has 11 heavy (non-hydrogen) atoms. The molecule has 0 aromatic rings. The highest BCUT2D eigenvalue weighted by molar-refractivity contribution is 5.76. The molecular formula is C6H11N2O3+. The summed E-state index contributed by atoms with van der Waals surface area (Å²) in [6.45, 7) is 2.33. The van der Waals surface area contributed by atoms with Crippen LogP contribution in [0.5, 0.6) is 0 Å². The van der Waals surface area contributed by atoms with Crippen molar-refractivity contribution < 1.29 is 9.55 Å². The van der Waals surface area contributed by atoms with E-state index in [4.69, 9.17) is 0 Å². The van der Waals surface area contributed by atoms with Gasteiger partial charge >= 0.3 is 0 Å². The number of hydrogen-bond acceptors (Lipinski definition) is 3. The van der Waals surface area contributed by atoms with Crippen molar-refractivity contribution in [1.82, 2.24) is 0 Å². The smallest absolute Gasteiger partial charge is 0.269 e. The zero-order chi connectivity index (χ0) is 8.69. The molecule has 0 unspecified atom stereocenters. The van der Waals surface area contributed by atoms with E-state index in [0.29, 0.717) is 6.54 Å². The normalized spacial score (nSPS) is 9.18. The number of nitrogens with zero attached hydrogens (tertiary/aromatic N) is 2. The summed E-state index contributed by atoms with van der Waals surface area (Å²) >= 11 is 0. The van der Waals surface area contributed by atoms with E-state index in [1.165, 1.54) is 0 Å². The summed E-state index contributed by atoms with van der Waals surface area (Å²) in [7, 11) is 0.